The van der Waals surface area contributed by atoms with E-state index in [1.54, 1.807) is 6.07 Å². The van der Waals surface area contributed by atoms with Crippen LogP contribution in [0.25, 0.3) is 0 Å². The predicted octanol–water partition coefficient (Wildman–Crippen LogP) is 3.29. The van der Waals surface area contributed by atoms with Gasteiger partial charge in [0.1, 0.15) is 11.6 Å². The van der Waals surface area contributed by atoms with E-state index in [0.717, 1.165) is 11.1 Å². The Morgan fingerprint density at radius 3 is 2.67 bits per heavy atom. The van der Waals surface area contributed by atoms with E-state index in [2.05, 4.69) is 0 Å². The van der Waals surface area contributed by atoms with Gasteiger partial charge in [0.05, 0.1) is 0 Å². The second kappa shape index (κ2) is 5.06. The number of halogens is 1. The Morgan fingerprint density at radius 1 is 1.40 bits per heavy atom. The summed E-state index contributed by atoms with van der Waals surface area (Å²) in [5.74, 6) is 0.0742. The van der Waals surface area contributed by atoms with Gasteiger partial charge in [0.2, 0.25) is 0 Å². The van der Waals surface area contributed by atoms with Crippen LogP contribution in [-0.4, -0.2) is 5.78 Å². The van der Waals surface area contributed by atoms with Gasteiger partial charge in [-0.2, -0.15) is 0 Å². The molecule has 0 amide bonds. The van der Waals surface area contributed by atoms with Crippen LogP contribution in [0.5, 0.6) is 0 Å². The van der Waals surface area contributed by atoms with Gasteiger partial charge in [-0.25, -0.2) is 4.39 Å². The minimum Gasteiger partial charge on any atom is -0.299 e. The Labute approximate surface area is 90.3 Å². The summed E-state index contributed by atoms with van der Waals surface area (Å²) in [5, 5.41) is 0. The molecule has 0 unspecified atom stereocenters. The number of Topliss-reactive ketones (excluding diaryl/α,β-unsaturated/α-hetero) is 1. The second-order valence-electron chi connectivity index (χ2n) is 4.19. The molecule has 0 saturated carbocycles. The highest BCUT2D eigenvalue weighted by molar-refractivity contribution is 5.80. The van der Waals surface area contributed by atoms with Crippen LogP contribution in [0.3, 0.4) is 0 Å². The van der Waals surface area contributed by atoms with E-state index in [1.165, 1.54) is 12.1 Å². The molecule has 0 saturated heterocycles. The third kappa shape index (κ3) is 3.46. The molecular formula is C13H17FO. The van der Waals surface area contributed by atoms with E-state index in [-0.39, 0.29) is 17.5 Å². The molecule has 0 spiro atoms. The molecule has 0 fully saturated rings. The Kier molecular flexibility index (Phi) is 4.01. The van der Waals surface area contributed by atoms with Crippen LogP contribution < -0.4 is 0 Å². The number of ketones is 1. The maximum absolute atomic E-state index is 12.9. The van der Waals surface area contributed by atoms with Crippen molar-refractivity contribution in [2.45, 2.75) is 33.6 Å². The third-order valence-corrected chi connectivity index (χ3v) is 2.60. The summed E-state index contributed by atoms with van der Waals surface area (Å²) in [6, 6.07) is 4.72. The Bertz CT molecular complexity index is 356. The zero-order valence-corrected chi connectivity index (χ0v) is 9.51. The molecule has 0 heterocycles. The zero-order valence-electron chi connectivity index (χ0n) is 9.51. The normalized spacial score (nSPS) is 10.7. The molecule has 1 aromatic rings. The Hall–Kier alpha value is -1.18. The number of carbonyl (C=O) groups is 1. The molecule has 1 aromatic carbocycles. The molecule has 1 rings (SSSR count). The van der Waals surface area contributed by atoms with Crippen LogP contribution >= 0.6 is 0 Å². The number of rotatable bonds is 4. The lowest BCUT2D eigenvalue weighted by atomic mass is 9.98. The highest BCUT2D eigenvalue weighted by atomic mass is 19.1. The summed E-state index contributed by atoms with van der Waals surface area (Å²) in [6.07, 6.45) is 1.14. The molecular weight excluding hydrogens is 191 g/mol. The van der Waals surface area contributed by atoms with Crippen molar-refractivity contribution in [2.75, 3.05) is 0 Å². The maximum Gasteiger partial charge on any atom is 0.135 e. The maximum atomic E-state index is 12.9. The first-order valence-electron chi connectivity index (χ1n) is 5.28. The van der Waals surface area contributed by atoms with Gasteiger partial charge in [-0.1, -0.05) is 19.9 Å². The molecule has 0 radical (unpaired) electrons. The molecule has 0 aliphatic heterocycles. The summed E-state index contributed by atoms with van der Waals surface area (Å²) in [6.45, 7) is 5.72. The highest BCUT2D eigenvalue weighted by Crippen LogP contribution is 2.13. The van der Waals surface area contributed by atoms with E-state index >= 15 is 0 Å². The van der Waals surface area contributed by atoms with Crippen LogP contribution in [0.2, 0.25) is 0 Å². The van der Waals surface area contributed by atoms with Gasteiger partial charge in [0.25, 0.3) is 0 Å². The van der Waals surface area contributed by atoms with Gasteiger partial charge in [-0.15, -0.1) is 0 Å². The lowest BCUT2D eigenvalue weighted by Gasteiger charge is -2.07. The lowest BCUT2D eigenvalue weighted by molar-refractivity contribution is -0.121. The van der Waals surface area contributed by atoms with Crippen LogP contribution in [0.1, 0.15) is 31.4 Å². The van der Waals surface area contributed by atoms with Crippen molar-refractivity contribution in [1.29, 1.82) is 0 Å². The summed E-state index contributed by atoms with van der Waals surface area (Å²) in [7, 11) is 0. The molecule has 2 heteroatoms. The fraction of sp³-hybridized carbons (Fsp3) is 0.462. The van der Waals surface area contributed by atoms with E-state index < -0.39 is 0 Å². The lowest BCUT2D eigenvalue weighted by Crippen LogP contribution is -2.08. The van der Waals surface area contributed by atoms with Gasteiger partial charge in [0, 0.05) is 12.3 Å². The molecule has 1 nitrogen and oxygen atoms in total. The number of hydrogen-bond acceptors (Lipinski definition) is 1. The summed E-state index contributed by atoms with van der Waals surface area (Å²) < 4.78 is 12.9. The molecule has 82 valence electrons. The molecule has 15 heavy (non-hydrogen) atoms. The fourth-order valence-corrected chi connectivity index (χ4v) is 1.46. The van der Waals surface area contributed by atoms with Crippen molar-refractivity contribution in [2.24, 2.45) is 5.92 Å². The fourth-order valence-electron chi connectivity index (χ4n) is 1.46. The van der Waals surface area contributed by atoms with Crippen LogP contribution in [0.4, 0.5) is 4.39 Å². The minimum atomic E-state index is -0.229. The van der Waals surface area contributed by atoms with Crippen molar-refractivity contribution < 1.29 is 9.18 Å². The summed E-state index contributed by atoms with van der Waals surface area (Å²) >= 11 is 0. The average Bonchev–Trinajstić information content (AvgIpc) is 2.18. The van der Waals surface area contributed by atoms with E-state index in [1.807, 2.05) is 20.8 Å². The van der Waals surface area contributed by atoms with Crippen molar-refractivity contribution >= 4 is 5.78 Å². The molecule has 0 N–H and O–H groups in total. The molecule has 0 aliphatic rings. The minimum absolute atomic E-state index is 0.0684. The van der Waals surface area contributed by atoms with Gasteiger partial charge < -0.3 is 0 Å². The standard InChI is InChI=1S/C13H17FO/c1-9(2)13(15)7-5-11-8-12(14)6-4-10(11)3/h4,6,8-9H,5,7H2,1-3H3. The monoisotopic (exact) mass is 208 g/mol. The number of hydrogen-bond donors (Lipinski definition) is 0. The Balaban J connectivity index is 2.65. The van der Waals surface area contributed by atoms with Crippen LogP contribution in [-0.2, 0) is 11.2 Å². The molecule has 0 aromatic heterocycles. The van der Waals surface area contributed by atoms with E-state index in [0.29, 0.717) is 12.8 Å². The topological polar surface area (TPSA) is 17.1 Å². The van der Waals surface area contributed by atoms with E-state index in [4.69, 9.17) is 0 Å². The van der Waals surface area contributed by atoms with Crippen molar-refractivity contribution in [3.8, 4) is 0 Å². The smallest absolute Gasteiger partial charge is 0.135 e. The number of benzene rings is 1. The van der Waals surface area contributed by atoms with Crippen molar-refractivity contribution in [3.05, 3.63) is 35.1 Å². The van der Waals surface area contributed by atoms with Gasteiger partial charge >= 0.3 is 0 Å². The predicted molar refractivity (Wildman–Crippen MR) is 59.3 cm³/mol. The SMILES string of the molecule is Cc1ccc(F)cc1CCC(=O)C(C)C. The number of aryl methyl sites for hydroxylation is 2. The van der Waals surface area contributed by atoms with Gasteiger partial charge in [-0.05, 0) is 36.6 Å². The van der Waals surface area contributed by atoms with Crippen LogP contribution in [0, 0.1) is 18.7 Å². The molecule has 0 aliphatic carbocycles. The number of carbonyl (C=O) groups excluding carboxylic acids is 1. The van der Waals surface area contributed by atoms with Crippen LogP contribution in [0.15, 0.2) is 18.2 Å². The van der Waals surface area contributed by atoms with Gasteiger partial charge in [0.15, 0.2) is 0 Å². The van der Waals surface area contributed by atoms with Crippen molar-refractivity contribution in [3.63, 3.8) is 0 Å². The average molecular weight is 208 g/mol. The summed E-state index contributed by atoms with van der Waals surface area (Å²) in [4.78, 5) is 11.4. The summed E-state index contributed by atoms with van der Waals surface area (Å²) in [5.41, 5.74) is 1.98. The second-order valence-corrected chi connectivity index (χ2v) is 4.19. The van der Waals surface area contributed by atoms with Gasteiger partial charge in [-0.3, -0.25) is 4.79 Å². The third-order valence-electron chi connectivity index (χ3n) is 2.60. The highest BCUT2D eigenvalue weighted by Gasteiger charge is 2.08. The first-order valence-corrected chi connectivity index (χ1v) is 5.28. The molecule has 0 atom stereocenters. The first kappa shape index (κ1) is 11.9. The largest absolute Gasteiger partial charge is 0.299 e. The van der Waals surface area contributed by atoms with E-state index in [9.17, 15) is 9.18 Å². The quantitative estimate of drug-likeness (QED) is 0.742. The first-order chi connectivity index (χ1) is 7.00. The molecule has 0 bridgehead atoms. The Morgan fingerprint density at radius 2 is 2.07 bits per heavy atom. The van der Waals surface area contributed by atoms with Crippen molar-refractivity contribution in [1.82, 2.24) is 0 Å². The zero-order chi connectivity index (χ0) is 11.4.